The first-order chi connectivity index (χ1) is 13.6. The van der Waals surface area contributed by atoms with Crippen LogP contribution >= 0.6 is 0 Å². The van der Waals surface area contributed by atoms with Crippen molar-refractivity contribution in [3.05, 3.63) is 53.3 Å². The molecule has 1 aromatic heterocycles. The molecule has 1 fully saturated rings. The Hall–Kier alpha value is -3.07. The minimum atomic E-state index is -0.121. The van der Waals surface area contributed by atoms with Crippen LogP contribution in [0.3, 0.4) is 0 Å². The lowest BCUT2D eigenvalue weighted by atomic mass is 9.92. The molecule has 1 aromatic carbocycles. The fraction of sp³-hybridized carbons (Fsp3) is 0.409. The van der Waals surface area contributed by atoms with Gasteiger partial charge in [-0.25, -0.2) is 0 Å². The summed E-state index contributed by atoms with van der Waals surface area (Å²) in [6.45, 7) is 2.06. The average Bonchev–Trinajstić information content (AvgIpc) is 2.75. The number of benzene rings is 1. The van der Waals surface area contributed by atoms with Crippen LogP contribution in [0.1, 0.15) is 54.2 Å². The Kier molecular flexibility index (Phi) is 6.49. The lowest BCUT2D eigenvalue weighted by Crippen LogP contribution is -2.40. The maximum atomic E-state index is 12.4. The van der Waals surface area contributed by atoms with Gasteiger partial charge in [-0.1, -0.05) is 13.0 Å². The van der Waals surface area contributed by atoms with Gasteiger partial charge in [-0.2, -0.15) is 5.26 Å². The minimum Gasteiger partial charge on any atom is -0.495 e. The molecule has 2 aromatic rings. The van der Waals surface area contributed by atoms with Crippen LogP contribution in [0.5, 0.6) is 11.5 Å². The van der Waals surface area contributed by atoms with E-state index < -0.39 is 0 Å². The predicted octanol–water partition coefficient (Wildman–Crippen LogP) is 3.64. The number of nitrogens with zero attached hydrogens (tertiary/aromatic N) is 2. The van der Waals surface area contributed by atoms with Crippen molar-refractivity contribution in [3.63, 3.8) is 0 Å². The van der Waals surface area contributed by atoms with Gasteiger partial charge >= 0.3 is 0 Å². The molecule has 0 saturated heterocycles. The van der Waals surface area contributed by atoms with E-state index in [9.17, 15) is 4.79 Å². The van der Waals surface area contributed by atoms with Crippen molar-refractivity contribution >= 4 is 5.91 Å². The van der Waals surface area contributed by atoms with Crippen molar-refractivity contribution in [1.29, 1.82) is 5.26 Å². The molecule has 6 nitrogen and oxygen atoms in total. The van der Waals surface area contributed by atoms with Crippen LogP contribution in [-0.2, 0) is 6.42 Å². The molecule has 0 bridgehead atoms. The van der Waals surface area contributed by atoms with Crippen LogP contribution in [0.4, 0.5) is 0 Å². The molecule has 146 valence electrons. The summed E-state index contributed by atoms with van der Waals surface area (Å²) in [7, 11) is 1.54. The number of carbonyl (C=O) groups is 1. The predicted molar refractivity (Wildman–Crippen MR) is 105 cm³/mol. The number of pyridine rings is 1. The maximum absolute atomic E-state index is 12.4. The lowest BCUT2D eigenvalue weighted by Gasteiger charge is -2.29. The number of hydrogen-bond acceptors (Lipinski definition) is 5. The topological polar surface area (TPSA) is 84.2 Å². The Morgan fingerprint density at radius 1 is 1.25 bits per heavy atom. The van der Waals surface area contributed by atoms with Crippen molar-refractivity contribution < 1.29 is 14.3 Å². The number of aryl methyl sites for hydroxylation is 1. The summed E-state index contributed by atoms with van der Waals surface area (Å²) in [5, 5.41) is 12.1. The van der Waals surface area contributed by atoms with E-state index in [0.717, 1.165) is 37.7 Å². The average molecular weight is 379 g/mol. The zero-order chi connectivity index (χ0) is 19.9. The van der Waals surface area contributed by atoms with Gasteiger partial charge in [-0.3, -0.25) is 9.78 Å². The molecule has 3 rings (SSSR count). The number of ether oxygens (including phenoxy) is 2. The van der Waals surface area contributed by atoms with Crippen molar-refractivity contribution in [3.8, 4) is 17.6 Å². The van der Waals surface area contributed by atoms with Crippen molar-refractivity contribution in [2.75, 3.05) is 7.11 Å². The fourth-order valence-corrected chi connectivity index (χ4v) is 3.38. The standard InChI is InChI=1S/C22H25N3O3/c1-3-15-4-11-20(24-14-15)22(26)25-17-6-9-18(10-7-17)28-19-8-5-16(13-23)21(12-19)27-2/h4-5,8,11-12,14,17-18H,3,6-7,9-10H2,1-2H3,(H,25,26). The van der Waals surface area contributed by atoms with Gasteiger partial charge < -0.3 is 14.8 Å². The van der Waals surface area contributed by atoms with Gasteiger partial charge in [0, 0.05) is 18.3 Å². The number of methoxy groups -OCH3 is 1. The summed E-state index contributed by atoms with van der Waals surface area (Å²) < 4.78 is 11.3. The van der Waals surface area contributed by atoms with Crippen LogP contribution < -0.4 is 14.8 Å². The number of hydrogen-bond donors (Lipinski definition) is 1. The van der Waals surface area contributed by atoms with E-state index in [1.807, 2.05) is 6.07 Å². The van der Waals surface area contributed by atoms with Crippen molar-refractivity contribution in [1.82, 2.24) is 10.3 Å². The fourth-order valence-electron chi connectivity index (χ4n) is 3.38. The molecule has 0 spiro atoms. The molecular weight excluding hydrogens is 354 g/mol. The van der Waals surface area contributed by atoms with Crippen molar-refractivity contribution in [2.45, 2.75) is 51.2 Å². The Balaban J connectivity index is 1.50. The highest BCUT2D eigenvalue weighted by atomic mass is 16.5. The molecule has 1 N–H and O–H groups in total. The first-order valence-corrected chi connectivity index (χ1v) is 9.63. The second kappa shape index (κ2) is 9.23. The third kappa shape index (κ3) is 4.80. The summed E-state index contributed by atoms with van der Waals surface area (Å²) in [6, 6.07) is 11.2. The number of carbonyl (C=O) groups excluding carboxylic acids is 1. The van der Waals surface area contributed by atoms with E-state index >= 15 is 0 Å². The smallest absolute Gasteiger partial charge is 0.270 e. The largest absolute Gasteiger partial charge is 0.495 e. The quantitative estimate of drug-likeness (QED) is 0.828. The van der Waals surface area contributed by atoms with Crippen LogP contribution in [0.25, 0.3) is 0 Å². The van der Waals surface area contributed by atoms with Gasteiger partial charge in [0.1, 0.15) is 23.3 Å². The van der Waals surface area contributed by atoms with E-state index in [2.05, 4.69) is 23.3 Å². The second-order valence-corrected chi connectivity index (χ2v) is 6.94. The molecule has 0 atom stereocenters. The first kappa shape index (κ1) is 19.7. The second-order valence-electron chi connectivity index (χ2n) is 6.94. The highest BCUT2D eigenvalue weighted by molar-refractivity contribution is 5.92. The van der Waals surface area contributed by atoms with Gasteiger partial charge in [0.05, 0.1) is 18.8 Å². The number of amides is 1. The van der Waals surface area contributed by atoms with E-state index in [4.69, 9.17) is 14.7 Å². The molecular formula is C22H25N3O3. The van der Waals surface area contributed by atoms with Crippen LogP contribution in [0.15, 0.2) is 36.5 Å². The third-order valence-corrected chi connectivity index (χ3v) is 5.07. The summed E-state index contributed by atoms with van der Waals surface area (Å²) in [5.74, 6) is 1.09. The van der Waals surface area contributed by atoms with Crippen molar-refractivity contribution in [2.24, 2.45) is 0 Å². The number of nitrogens with one attached hydrogen (secondary N) is 1. The van der Waals surface area contributed by atoms with Gasteiger partial charge in [0.25, 0.3) is 5.91 Å². The van der Waals surface area contributed by atoms with Crippen LogP contribution in [0, 0.1) is 11.3 Å². The normalized spacial score (nSPS) is 18.8. The van der Waals surface area contributed by atoms with Gasteiger partial charge in [-0.15, -0.1) is 0 Å². The molecule has 1 saturated carbocycles. The number of aromatic nitrogens is 1. The SMILES string of the molecule is CCc1ccc(C(=O)NC2CCC(Oc3ccc(C#N)c(OC)c3)CC2)nc1. The Morgan fingerprint density at radius 3 is 2.64 bits per heavy atom. The highest BCUT2D eigenvalue weighted by Gasteiger charge is 2.24. The Bertz CT molecular complexity index is 850. The zero-order valence-electron chi connectivity index (χ0n) is 16.3. The summed E-state index contributed by atoms with van der Waals surface area (Å²) in [5.41, 5.74) is 2.07. The summed E-state index contributed by atoms with van der Waals surface area (Å²) >= 11 is 0. The summed E-state index contributed by atoms with van der Waals surface area (Å²) in [4.78, 5) is 16.6. The molecule has 0 unspecified atom stereocenters. The Morgan fingerprint density at radius 2 is 2.04 bits per heavy atom. The van der Waals surface area contributed by atoms with Gasteiger partial charge in [0.15, 0.2) is 0 Å². The van der Waals surface area contributed by atoms with Gasteiger partial charge in [0.2, 0.25) is 0 Å². The van der Waals surface area contributed by atoms with E-state index in [-0.39, 0.29) is 18.1 Å². The third-order valence-electron chi connectivity index (χ3n) is 5.07. The molecule has 1 heterocycles. The maximum Gasteiger partial charge on any atom is 0.270 e. The van der Waals surface area contributed by atoms with Gasteiger partial charge in [-0.05, 0) is 55.9 Å². The van der Waals surface area contributed by atoms with E-state index in [0.29, 0.717) is 22.8 Å². The molecule has 0 aliphatic heterocycles. The highest BCUT2D eigenvalue weighted by Crippen LogP contribution is 2.28. The van der Waals surface area contributed by atoms with E-state index in [1.165, 1.54) is 0 Å². The monoisotopic (exact) mass is 379 g/mol. The molecule has 0 radical (unpaired) electrons. The number of nitriles is 1. The molecule has 28 heavy (non-hydrogen) atoms. The summed E-state index contributed by atoms with van der Waals surface area (Å²) in [6.07, 6.45) is 6.18. The molecule has 6 heteroatoms. The lowest BCUT2D eigenvalue weighted by molar-refractivity contribution is 0.0889. The first-order valence-electron chi connectivity index (χ1n) is 9.63. The number of rotatable bonds is 6. The molecule has 1 amide bonds. The van der Waals surface area contributed by atoms with Crippen LogP contribution in [0.2, 0.25) is 0 Å². The van der Waals surface area contributed by atoms with Crippen LogP contribution in [-0.4, -0.2) is 30.1 Å². The molecule has 1 aliphatic carbocycles. The zero-order valence-corrected chi connectivity index (χ0v) is 16.3. The Labute approximate surface area is 165 Å². The molecule has 1 aliphatic rings. The minimum absolute atomic E-state index is 0.0905. The van der Waals surface area contributed by atoms with E-state index in [1.54, 1.807) is 37.6 Å².